The van der Waals surface area contributed by atoms with E-state index >= 15 is 0 Å². The van der Waals surface area contributed by atoms with Crippen molar-refractivity contribution in [3.8, 4) is 0 Å². The molecule has 0 bridgehead atoms. The normalized spacial score (nSPS) is 22.2. The van der Waals surface area contributed by atoms with Crippen LogP contribution in [0.25, 0.3) is 0 Å². The third-order valence-electron chi connectivity index (χ3n) is 2.84. The number of carbonyl (C=O) groups excluding carboxylic acids is 1. The lowest BCUT2D eigenvalue weighted by Gasteiger charge is -2.28. The van der Waals surface area contributed by atoms with Crippen LogP contribution in [0, 0.1) is 11.8 Å². The summed E-state index contributed by atoms with van der Waals surface area (Å²) in [4.78, 5) is 22.7. The summed E-state index contributed by atoms with van der Waals surface area (Å²) in [7, 11) is 0. The number of carboxylic acids is 1. The Balaban J connectivity index is 2.53. The lowest BCUT2D eigenvalue weighted by molar-refractivity contribution is -0.145. The molecule has 1 fully saturated rings. The van der Waals surface area contributed by atoms with Crippen LogP contribution in [0.4, 0.5) is 0 Å². The smallest absolute Gasteiger partial charge is 0.326 e. The topological polar surface area (TPSA) is 75.6 Å². The van der Waals surface area contributed by atoms with E-state index < -0.39 is 12.0 Å². The number of carbonyl (C=O) groups is 2. The second kappa shape index (κ2) is 6.59. The van der Waals surface area contributed by atoms with E-state index in [1.54, 1.807) is 0 Å². The zero-order valence-electron chi connectivity index (χ0n) is 10.4. The predicted octanol–water partition coefficient (Wildman–Crippen LogP) is 1.03. The molecule has 2 atom stereocenters. The van der Waals surface area contributed by atoms with Crippen molar-refractivity contribution >= 4 is 11.9 Å². The Labute approximate surface area is 102 Å². The lowest BCUT2D eigenvalue weighted by Crippen LogP contribution is -2.48. The Hall–Kier alpha value is -1.10. The Morgan fingerprint density at radius 2 is 2.18 bits per heavy atom. The van der Waals surface area contributed by atoms with E-state index in [2.05, 4.69) is 5.32 Å². The number of ether oxygens (including phenoxy) is 1. The molecule has 0 aromatic heterocycles. The maximum absolute atomic E-state index is 11.6. The number of nitrogens with one attached hydrogen (secondary N) is 1. The second-order valence-electron chi connectivity index (χ2n) is 4.96. The molecule has 5 nitrogen and oxygen atoms in total. The molecule has 98 valence electrons. The molecule has 0 spiro atoms. The zero-order valence-corrected chi connectivity index (χ0v) is 10.4. The summed E-state index contributed by atoms with van der Waals surface area (Å²) >= 11 is 0. The highest BCUT2D eigenvalue weighted by Crippen LogP contribution is 2.18. The van der Waals surface area contributed by atoms with Crippen molar-refractivity contribution in [3.05, 3.63) is 0 Å². The predicted molar refractivity (Wildman–Crippen MR) is 62.6 cm³/mol. The minimum absolute atomic E-state index is 0.114. The molecule has 0 aromatic carbocycles. The molecular weight excluding hydrogens is 222 g/mol. The number of aliphatic carboxylic acids is 1. The van der Waals surface area contributed by atoms with Gasteiger partial charge < -0.3 is 15.2 Å². The van der Waals surface area contributed by atoms with Gasteiger partial charge in [-0.05, 0) is 18.8 Å². The third-order valence-corrected chi connectivity index (χ3v) is 2.84. The standard InChI is InChI=1S/C12H21NO4/c1-8(2)6-10(14)13-11(12(15)16)9-4-3-5-17-7-9/h8-9,11H,3-7H2,1-2H3,(H,13,14)(H,15,16). The molecule has 1 aliphatic heterocycles. The maximum Gasteiger partial charge on any atom is 0.326 e. The Kier molecular flexibility index (Phi) is 5.41. The average molecular weight is 243 g/mol. The van der Waals surface area contributed by atoms with E-state index in [4.69, 9.17) is 9.84 Å². The largest absolute Gasteiger partial charge is 0.480 e. The molecule has 2 N–H and O–H groups in total. The first-order valence-electron chi connectivity index (χ1n) is 6.10. The van der Waals surface area contributed by atoms with Gasteiger partial charge >= 0.3 is 5.97 Å². The van der Waals surface area contributed by atoms with Gasteiger partial charge in [0, 0.05) is 18.9 Å². The molecule has 1 heterocycles. The highest BCUT2D eigenvalue weighted by Gasteiger charge is 2.31. The SMILES string of the molecule is CC(C)CC(=O)NC(C(=O)O)C1CCCOC1. The quantitative estimate of drug-likeness (QED) is 0.756. The van der Waals surface area contributed by atoms with Crippen LogP contribution in [-0.2, 0) is 14.3 Å². The zero-order chi connectivity index (χ0) is 12.8. The Morgan fingerprint density at radius 1 is 1.47 bits per heavy atom. The summed E-state index contributed by atoms with van der Waals surface area (Å²) in [5, 5.41) is 11.7. The fourth-order valence-electron chi connectivity index (χ4n) is 2.01. The lowest BCUT2D eigenvalue weighted by atomic mass is 9.93. The number of hydrogen-bond donors (Lipinski definition) is 2. The van der Waals surface area contributed by atoms with Crippen molar-refractivity contribution in [1.82, 2.24) is 5.32 Å². The van der Waals surface area contributed by atoms with Crippen LogP contribution in [0.1, 0.15) is 33.1 Å². The van der Waals surface area contributed by atoms with E-state index in [-0.39, 0.29) is 17.7 Å². The molecule has 2 unspecified atom stereocenters. The fraction of sp³-hybridized carbons (Fsp3) is 0.833. The van der Waals surface area contributed by atoms with Crippen LogP contribution in [0.5, 0.6) is 0 Å². The molecule has 1 aliphatic rings. The molecule has 17 heavy (non-hydrogen) atoms. The summed E-state index contributed by atoms with van der Waals surface area (Å²) in [6.45, 7) is 4.96. The van der Waals surface area contributed by atoms with E-state index in [0.717, 1.165) is 12.8 Å². The van der Waals surface area contributed by atoms with E-state index in [1.165, 1.54) is 0 Å². The van der Waals surface area contributed by atoms with Gasteiger partial charge in [-0.15, -0.1) is 0 Å². The van der Waals surface area contributed by atoms with Crippen molar-refractivity contribution in [2.24, 2.45) is 11.8 Å². The summed E-state index contributed by atoms with van der Waals surface area (Å²) in [6.07, 6.45) is 2.00. The van der Waals surface area contributed by atoms with Gasteiger partial charge in [0.2, 0.25) is 5.91 Å². The molecule has 1 saturated heterocycles. The number of rotatable bonds is 5. The van der Waals surface area contributed by atoms with Gasteiger partial charge in [0.25, 0.3) is 0 Å². The van der Waals surface area contributed by atoms with Gasteiger partial charge in [-0.25, -0.2) is 4.79 Å². The Bertz CT molecular complexity index is 272. The van der Waals surface area contributed by atoms with Gasteiger partial charge in [0.05, 0.1) is 6.61 Å². The summed E-state index contributed by atoms with van der Waals surface area (Å²) < 4.78 is 5.26. The van der Waals surface area contributed by atoms with Crippen LogP contribution in [0.15, 0.2) is 0 Å². The third kappa shape index (κ3) is 4.73. The first kappa shape index (κ1) is 14.0. The van der Waals surface area contributed by atoms with Crippen LogP contribution in [0.2, 0.25) is 0 Å². The molecule has 1 amide bonds. The van der Waals surface area contributed by atoms with Crippen LogP contribution in [-0.4, -0.2) is 36.2 Å². The number of hydrogen-bond acceptors (Lipinski definition) is 3. The minimum atomic E-state index is -0.974. The van der Waals surface area contributed by atoms with E-state index in [1.807, 2.05) is 13.8 Å². The van der Waals surface area contributed by atoms with Crippen molar-refractivity contribution in [1.29, 1.82) is 0 Å². The molecule has 5 heteroatoms. The highest BCUT2D eigenvalue weighted by molar-refractivity contribution is 5.83. The highest BCUT2D eigenvalue weighted by atomic mass is 16.5. The van der Waals surface area contributed by atoms with Crippen molar-refractivity contribution in [3.63, 3.8) is 0 Å². The monoisotopic (exact) mass is 243 g/mol. The van der Waals surface area contributed by atoms with Crippen LogP contribution < -0.4 is 5.32 Å². The van der Waals surface area contributed by atoms with Crippen LogP contribution >= 0.6 is 0 Å². The molecule has 0 saturated carbocycles. The molecule has 0 aromatic rings. The summed E-state index contributed by atoms with van der Waals surface area (Å²) in [5.41, 5.74) is 0. The molecule has 1 rings (SSSR count). The van der Waals surface area contributed by atoms with Crippen molar-refractivity contribution in [2.75, 3.05) is 13.2 Å². The Morgan fingerprint density at radius 3 is 2.65 bits per heavy atom. The van der Waals surface area contributed by atoms with E-state index in [0.29, 0.717) is 19.6 Å². The average Bonchev–Trinajstić information content (AvgIpc) is 2.25. The molecular formula is C12H21NO4. The number of carboxylic acid groups (broad SMARTS) is 1. The second-order valence-corrected chi connectivity index (χ2v) is 4.96. The molecule has 0 aliphatic carbocycles. The maximum atomic E-state index is 11.6. The van der Waals surface area contributed by atoms with Gasteiger partial charge in [0.15, 0.2) is 0 Å². The summed E-state index contributed by atoms with van der Waals surface area (Å²) in [5.74, 6) is -1.06. The van der Waals surface area contributed by atoms with Gasteiger partial charge in [-0.3, -0.25) is 4.79 Å². The van der Waals surface area contributed by atoms with E-state index in [9.17, 15) is 9.59 Å². The fourth-order valence-corrected chi connectivity index (χ4v) is 2.01. The minimum Gasteiger partial charge on any atom is -0.480 e. The first-order valence-corrected chi connectivity index (χ1v) is 6.10. The van der Waals surface area contributed by atoms with Crippen molar-refractivity contribution in [2.45, 2.75) is 39.2 Å². The molecule has 0 radical (unpaired) electrons. The summed E-state index contributed by atoms with van der Waals surface area (Å²) in [6, 6.07) is -0.818. The first-order chi connectivity index (χ1) is 8.00. The number of amides is 1. The van der Waals surface area contributed by atoms with Gasteiger partial charge in [-0.2, -0.15) is 0 Å². The van der Waals surface area contributed by atoms with Gasteiger partial charge in [-0.1, -0.05) is 13.8 Å². The van der Waals surface area contributed by atoms with Crippen molar-refractivity contribution < 1.29 is 19.4 Å². The van der Waals surface area contributed by atoms with Gasteiger partial charge in [0.1, 0.15) is 6.04 Å². The van der Waals surface area contributed by atoms with Crippen LogP contribution in [0.3, 0.4) is 0 Å².